The molecule has 3 aliphatic rings. The molecule has 1 nitrogen and oxygen atoms in total. The highest BCUT2D eigenvalue weighted by atomic mass is 16.1. The summed E-state index contributed by atoms with van der Waals surface area (Å²) < 4.78 is 0. The maximum absolute atomic E-state index is 12.4. The van der Waals surface area contributed by atoms with Gasteiger partial charge in [-0.25, -0.2) is 0 Å². The van der Waals surface area contributed by atoms with Crippen LogP contribution in [0.15, 0.2) is 0 Å². The van der Waals surface area contributed by atoms with Crippen molar-refractivity contribution in [3.8, 4) is 0 Å². The first kappa shape index (κ1) is 10.8. The average Bonchev–Trinajstić information content (AvgIpc) is 2.70. The third kappa shape index (κ3) is 1.05. The minimum absolute atomic E-state index is 0.353. The predicted molar refractivity (Wildman–Crippen MR) is 65.0 cm³/mol. The highest BCUT2D eigenvalue weighted by molar-refractivity contribution is 5.87. The van der Waals surface area contributed by atoms with Crippen LogP contribution in [-0.2, 0) is 4.79 Å². The standard InChI is InChI=1S/C15H24O/c1-9-5-6-11-10(2)13(16)12-7-14(3,4)8-15(9,11)12/h9-12H,5-8H2,1-4H3/t9-,10?,11+,12+,15+/m1/s1. The lowest BCUT2D eigenvalue weighted by Gasteiger charge is -2.35. The molecule has 0 saturated heterocycles. The van der Waals surface area contributed by atoms with Gasteiger partial charge in [0.25, 0.3) is 0 Å². The van der Waals surface area contributed by atoms with Crippen LogP contribution < -0.4 is 0 Å². The normalized spacial score (nSPS) is 54.1. The number of Topliss-reactive ketones (excluding diaryl/α,β-unsaturated/α-hetero) is 1. The predicted octanol–water partition coefficient (Wildman–Crippen LogP) is 3.67. The molecule has 0 aliphatic heterocycles. The molecule has 1 unspecified atom stereocenters. The number of carbonyl (C=O) groups is 1. The van der Waals surface area contributed by atoms with E-state index < -0.39 is 0 Å². The Bertz CT molecular complexity index is 343. The fourth-order valence-electron chi connectivity index (χ4n) is 5.60. The molecule has 0 aromatic heterocycles. The second-order valence-electron chi connectivity index (χ2n) is 7.49. The summed E-state index contributed by atoms with van der Waals surface area (Å²) in [5.74, 6) is 2.84. The van der Waals surface area contributed by atoms with Crippen LogP contribution in [-0.4, -0.2) is 5.78 Å². The lowest BCUT2D eigenvalue weighted by molar-refractivity contribution is -0.125. The number of ketones is 1. The van der Waals surface area contributed by atoms with Crippen LogP contribution in [0.25, 0.3) is 0 Å². The number of rotatable bonds is 0. The Kier molecular flexibility index (Phi) is 1.97. The largest absolute Gasteiger partial charge is 0.299 e. The van der Waals surface area contributed by atoms with Crippen LogP contribution >= 0.6 is 0 Å². The van der Waals surface area contributed by atoms with Crippen molar-refractivity contribution in [2.24, 2.45) is 34.5 Å². The van der Waals surface area contributed by atoms with Gasteiger partial charge in [0.15, 0.2) is 0 Å². The first-order chi connectivity index (χ1) is 7.38. The van der Waals surface area contributed by atoms with Crippen LogP contribution in [0, 0.1) is 34.5 Å². The van der Waals surface area contributed by atoms with Gasteiger partial charge in [-0.05, 0) is 48.3 Å². The fraction of sp³-hybridized carbons (Fsp3) is 0.933. The smallest absolute Gasteiger partial charge is 0.139 e. The summed E-state index contributed by atoms with van der Waals surface area (Å²) in [5.41, 5.74) is 0.803. The molecular formula is C15H24O. The molecule has 3 fully saturated rings. The molecule has 1 spiro atoms. The average molecular weight is 220 g/mol. The van der Waals surface area contributed by atoms with E-state index >= 15 is 0 Å². The maximum Gasteiger partial charge on any atom is 0.139 e. The molecule has 0 radical (unpaired) electrons. The van der Waals surface area contributed by atoms with E-state index in [4.69, 9.17) is 0 Å². The van der Waals surface area contributed by atoms with Crippen molar-refractivity contribution < 1.29 is 4.79 Å². The first-order valence-electron chi connectivity index (χ1n) is 6.92. The van der Waals surface area contributed by atoms with E-state index in [0.717, 1.165) is 12.3 Å². The second-order valence-corrected chi connectivity index (χ2v) is 7.49. The minimum Gasteiger partial charge on any atom is -0.299 e. The monoisotopic (exact) mass is 220 g/mol. The highest BCUT2D eigenvalue weighted by Crippen LogP contribution is 2.70. The number of hydrogen-bond acceptors (Lipinski definition) is 1. The van der Waals surface area contributed by atoms with Gasteiger partial charge in [-0.2, -0.15) is 0 Å². The summed E-state index contributed by atoms with van der Waals surface area (Å²) in [6.07, 6.45) is 5.11. The molecular weight excluding hydrogens is 196 g/mol. The molecule has 3 aliphatic carbocycles. The molecule has 1 heteroatoms. The molecule has 0 aromatic carbocycles. The summed E-state index contributed by atoms with van der Waals surface area (Å²) >= 11 is 0. The van der Waals surface area contributed by atoms with Gasteiger partial charge in [-0.1, -0.05) is 27.7 Å². The van der Waals surface area contributed by atoms with Crippen molar-refractivity contribution in [1.29, 1.82) is 0 Å². The molecule has 5 atom stereocenters. The molecule has 16 heavy (non-hydrogen) atoms. The summed E-state index contributed by atoms with van der Waals surface area (Å²) in [5, 5.41) is 0. The van der Waals surface area contributed by atoms with Crippen molar-refractivity contribution in [3.63, 3.8) is 0 Å². The molecule has 90 valence electrons. The Morgan fingerprint density at radius 2 is 1.88 bits per heavy atom. The van der Waals surface area contributed by atoms with Gasteiger partial charge in [0.05, 0.1) is 0 Å². The highest BCUT2D eigenvalue weighted by Gasteiger charge is 2.67. The van der Waals surface area contributed by atoms with Gasteiger partial charge in [0.1, 0.15) is 5.78 Å². The van der Waals surface area contributed by atoms with Crippen molar-refractivity contribution in [1.82, 2.24) is 0 Å². The van der Waals surface area contributed by atoms with E-state index in [9.17, 15) is 4.79 Å². The zero-order chi connectivity index (χ0) is 11.7. The van der Waals surface area contributed by atoms with Crippen LogP contribution in [0.3, 0.4) is 0 Å². The van der Waals surface area contributed by atoms with Gasteiger partial charge in [-0.15, -0.1) is 0 Å². The summed E-state index contributed by atoms with van der Waals surface area (Å²) in [6, 6.07) is 0. The van der Waals surface area contributed by atoms with E-state index in [1.54, 1.807) is 0 Å². The van der Waals surface area contributed by atoms with Crippen LogP contribution in [0.1, 0.15) is 53.4 Å². The molecule has 0 heterocycles. The Balaban J connectivity index is 2.08. The topological polar surface area (TPSA) is 17.1 Å². The molecule has 0 amide bonds. The van der Waals surface area contributed by atoms with E-state index in [1.165, 1.54) is 19.3 Å². The lowest BCUT2D eigenvalue weighted by atomic mass is 9.68. The second kappa shape index (κ2) is 2.91. The number of carbonyl (C=O) groups excluding carboxylic acids is 1. The van der Waals surface area contributed by atoms with E-state index in [1.807, 2.05) is 0 Å². The van der Waals surface area contributed by atoms with Crippen molar-refractivity contribution in [2.75, 3.05) is 0 Å². The van der Waals surface area contributed by atoms with Crippen LogP contribution in [0.2, 0.25) is 0 Å². The summed E-state index contributed by atoms with van der Waals surface area (Å²) in [6.45, 7) is 9.32. The Hall–Kier alpha value is -0.330. The fourth-order valence-corrected chi connectivity index (χ4v) is 5.60. The van der Waals surface area contributed by atoms with Gasteiger partial charge < -0.3 is 0 Å². The van der Waals surface area contributed by atoms with E-state index in [2.05, 4.69) is 27.7 Å². The zero-order valence-corrected chi connectivity index (χ0v) is 11.0. The Morgan fingerprint density at radius 1 is 1.19 bits per heavy atom. The Morgan fingerprint density at radius 3 is 2.56 bits per heavy atom. The van der Waals surface area contributed by atoms with Crippen molar-refractivity contribution in [2.45, 2.75) is 53.4 Å². The van der Waals surface area contributed by atoms with Crippen molar-refractivity contribution in [3.05, 3.63) is 0 Å². The molecule has 0 N–H and O–H groups in total. The summed E-state index contributed by atoms with van der Waals surface area (Å²) in [7, 11) is 0. The molecule has 0 aromatic rings. The summed E-state index contributed by atoms with van der Waals surface area (Å²) in [4.78, 5) is 12.4. The van der Waals surface area contributed by atoms with Crippen molar-refractivity contribution >= 4 is 5.78 Å². The molecule has 0 bridgehead atoms. The quantitative estimate of drug-likeness (QED) is 0.608. The first-order valence-corrected chi connectivity index (χ1v) is 6.92. The number of hydrogen-bond donors (Lipinski definition) is 0. The minimum atomic E-state index is 0.353. The Labute approximate surface area is 99.0 Å². The molecule has 3 rings (SSSR count). The lowest BCUT2D eigenvalue weighted by Crippen LogP contribution is -2.31. The molecule has 3 saturated carbocycles. The third-order valence-corrected chi connectivity index (χ3v) is 6.10. The third-order valence-electron chi connectivity index (χ3n) is 6.10. The van der Waals surface area contributed by atoms with E-state index in [0.29, 0.717) is 34.4 Å². The zero-order valence-electron chi connectivity index (χ0n) is 11.0. The van der Waals surface area contributed by atoms with Gasteiger partial charge >= 0.3 is 0 Å². The maximum atomic E-state index is 12.4. The van der Waals surface area contributed by atoms with Gasteiger partial charge in [0, 0.05) is 11.8 Å². The van der Waals surface area contributed by atoms with Gasteiger partial charge in [-0.3, -0.25) is 4.79 Å². The van der Waals surface area contributed by atoms with Crippen LogP contribution in [0.5, 0.6) is 0 Å². The van der Waals surface area contributed by atoms with Crippen LogP contribution in [0.4, 0.5) is 0 Å². The van der Waals surface area contributed by atoms with E-state index in [-0.39, 0.29) is 0 Å². The van der Waals surface area contributed by atoms with Gasteiger partial charge in [0.2, 0.25) is 0 Å². The SMILES string of the molecule is CC1C(=O)[C@@H]2CC(C)(C)C[C@@]23[C@H](C)CC[C@@H]13.